The summed E-state index contributed by atoms with van der Waals surface area (Å²) in [5, 5.41) is 7.45. The Morgan fingerprint density at radius 3 is 2.33 bits per heavy atom. The van der Waals surface area contributed by atoms with Crippen molar-refractivity contribution in [3.8, 4) is 5.69 Å². The van der Waals surface area contributed by atoms with Crippen LogP contribution in [-0.2, 0) is 6.42 Å². The fourth-order valence-electron chi connectivity index (χ4n) is 2.55. The van der Waals surface area contributed by atoms with E-state index >= 15 is 0 Å². The molecule has 2 aromatic carbocycles. The summed E-state index contributed by atoms with van der Waals surface area (Å²) in [5.74, 6) is 0.534. The number of hydrogen-bond acceptors (Lipinski definition) is 2. The molecule has 0 aliphatic heterocycles. The molecule has 0 saturated heterocycles. The van der Waals surface area contributed by atoms with Gasteiger partial charge in [0.2, 0.25) is 0 Å². The maximum absolute atomic E-state index is 12.5. The van der Waals surface area contributed by atoms with Crippen molar-refractivity contribution in [2.45, 2.75) is 27.2 Å². The number of carbonyl (C=O) groups excluding carboxylic acids is 1. The first-order valence-electron chi connectivity index (χ1n) is 8.11. The molecule has 0 spiro atoms. The molecule has 0 saturated carbocycles. The third-order valence-electron chi connectivity index (χ3n) is 3.98. The summed E-state index contributed by atoms with van der Waals surface area (Å²) in [6.07, 6.45) is 0.960. The van der Waals surface area contributed by atoms with Gasteiger partial charge in [0.15, 0.2) is 0 Å². The van der Waals surface area contributed by atoms with Crippen molar-refractivity contribution >= 4 is 11.7 Å². The lowest BCUT2D eigenvalue weighted by molar-refractivity contribution is 0.102. The third kappa shape index (κ3) is 3.38. The fraction of sp³-hybridized carbons (Fsp3) is 0.200. The lowest BCUT2D eigenvalue weighted by Crippen LogP contribution is -2.15. The minimum Gasteiger partial charge on any atom is -0.306 e. The molecule has 0 radical (unpaired) electrons. The molecule has 3 aromatic rings. The molecule has 1 N–H and O–H groups in total. The number of carbonyl (C=O) groups is 1. The van der Waals surface area contributed by atoms with Gasteiger partial charge in [-0.05, 0) is 50.1 Å². The predicted molar refractivity (Wildman–Crippen MR) is 96.8 cm³/mol. The van der Waals surface area contributed by atoms with Gasteiger partial charge in [-0.3, -0.25) is 4.79 Å². The van der Waals surface area contributed by atoms with Crippen LogP contribution in [0.15, 0.2) is 54.6 Å². The number of benzene rings is 2. The molecule has 4 heteroatoms. The van der Waals surface area contributed by atoms with Crippen LogP contribution in [0.5, 0.6) is 0 Å². The van der Waals surface area contributed by atoms with Crippen LogP contribution in [0.2, 0.25) is 0 Å². The molecule has 122 valence electrons. The van der Waals surface area contributed by atoms with Gasteiger partial charge in [-0.2, -0.15) is 5.10 Å². The van der Waals surface area contributed by atoms with Gasteiger partial charge in [0, 0.05) is 11.6 Å². The molecule has 3 rings (SSSR count). The average Bonchev–Trinajstić information content (AvgIpc) is 2.96. The van der Waals surface area contributed by atoms with Crippen molar-refractivity contribution < 1.29 is 4.79 Å². The molecular formula is C20H21N3O. The van der Waals surface area contributed by atoms with Gasteiger partial charge >= 0.3 is 0 Å². The van der Waals surface area contributed by atoms with Crippen LogP contribution in [0.4, 0.5) is 5.82 Å². The molecule has 4 nitrogen and oxygen atoms in total. The number of nitrogens with zero attached hydrogens (tertiary/aromatic N) is 2. The first-order chi connectivity index (χ1) is 11.6. The third-order valence-corrected chi connectivity index (χ3v) is 3.98. The van der Waals surface area contributed by atoms with Gasteiger partial charge in [0.25, 0.3) is 5.91 Å². The molecule has 1 aromatic heterocycles. The van der Waals surface area contributed by atoms with E-state index in [0.717, 1.165) is 17.8 Å². The normalized spacial score (nSPS) is 10.6. The highest BCUT2D eigenvalue weighted by Crippen LogP contribution is 2.18. The van der Waals surface area contributed by atoms with E-state index in [1.54, 1.807) is 4.68 Å². The molecular weight excluding hydrogens is 298 g/mol. The van der Waals surface area contributed by atoms with Crippen LogP contribution in [0.25, 0.3) is 5.69 Å². The molecule has 0 aliphatic carbocycles. The van der Waals surface area contributed by atoms with Crippen molar-refractivity contribution in [3.63, 3.8) is 0 Å². The number of amides is 1. The average molecular weight is 319 g/mol. The molecule has 0 atom stereocenters. The van der Waals surface area contributed by atoms with Gasteiger partial charge in [0.1, 0.15) is 5.82 Å². The topological polar surface area (TPSA) is 46.9 Å². The Balaban J connectivity index is 1.86. The highest BCUT2D eigenvalue weighted by Gasteiger charge is 2.12. The molecule has 1 amide bonds. The fourth-order valence-corrected chi connectivity index (χ4v) is 2.55. The second kappa shape index (κ2) is 6.71. The number of anilines is 1. The number of aryl methyl sites for hydroxylation is 3. The van der Waals surface area contributed by atoms with Crippen molar-refractivity contribution in [2.75, 3.05) is 5.32 Å². The van der Waals surface area contributed by atoms with E-state index in [9.17, 15) is 4.79 Å². The van der Waals surface area contributed by atoms with Crippen molar-refractivity contribution in [1.29, 1.82) is 0 Å². The Morgan fingerprint density at radius 1 is 1.04 bits per heavy atom. The van der Waals surface area contributed by atoms with E-state index in [0.29, 0.717) is 11.4 Å². The monoisotopic (exact) mass is 319 g/mol. The van der Waals surface area contributed by atoms with Gasteiger partial charge in [0.05, 0.1) is 11.4 Å². The SMILES string of the molecule is CCc1ccc(C(=O)Nc2cc(C)nn2-c2ccc(C)cc2)cc1. The van der Waals surface area contributed by atoms with Crippen LogP contribution in [-0.4, -0.2) is 15.7 Å². The van der Waals surface area contributed by atoms with Gasteiger partial charge in [-0.25, -0.2) is 4.68 Å². The van der Waals surface area contributed by atoms with Gasteiger partial charge in [-0.15, -0.1) is 0 Å². The summed E-state index contributed by atoms with van der Waals surface area (Å²) in [6.45, 7) is 6.05. The van der Waals surface area contributed by atoms with E-state index in [2.05, 4.69) is 17.3 Å². The lowest BCUT2D eigenvalue weighted by atomic mass is 10.1. The summed E-state index contributed by atoms with van der Waals surface area (Å²) in [6, 6.07) is 17.6. The Hall–Kier alpha value is -2.88. The number of aromatic nitrogens is 2. The Morgan fingerprint density at radius 2 is 1.71 bits per heavy atom. The zero-order valence-electron chi connectivity index (χ0n) is 14.2. The number of hydrogen-bond donors (Lipinski definition) is 1. The summed E-state index contributed by atoms with van der Waals surface area (Å²) < 4.78 is 1.76. The molecule has 0 unspecified atom stereocenters. The smallest absolute Gasteiger partial charge is 0.256 e. The largest absolute Gasteiger partial charge is 0.306 e. The van der Waals surface area contributed by atoms with Crippen LogP contribution in [0.3, 0.4) is 0 Å². The summed E-state index contributed by atoms with van der Waals surface area (Å²) in [7, 11) is 0. The van der Waals surface area contributed by atoms with E-state index in [4.69, 9.17) is 0 Å². The molecule has 0 bridgehead atoms. The first-order valence-corrected chi connectivity index (χ1v) is 8.11. The zero-order chi connectivity index (χ0) is 17.1. The zero-order valence-corrected chi connectivity index (χ0v) is 14.2. The van der Waals surface area contributed by atoms with Crippen LogP contribution >= 0.6 is 0 Å². The molecule has 0 aliphatic rings. The first kappa shape index (κ1) is 16.0. The predicted octanol–water partition coefficient (Wildman–Crippen LogP) is 4.30. The van der Waals surface area contributed by atoms with E-state index in [1.165, 1.54) is 11.1 Å². The van der Waals surface area contributed by atoms with E-state index in [-0.39, 0.29) is 5.91 Å². The Kier molecular flexibility index (Phi) is 4.47. The van der Waals surface area contributed by atoms with Crippen molar-refractivity contribution in [1.82, 2.24) is 9.78 Å². The lowest BCUT2D eigenvalue weighted by Gasteiger charge is -2.09. The molecule has 0 fully saturated rings. The van der Waals surface area contributed by atoms with E-state index in [1.807, 2.05) is 68.4 Å². The summed E-state index contributed by atoms with van der Waals surface area (Å²) in [4.78, 5) is 12.5. The second-order valence-electron chi connectivity index (χ2n) is 5.92. The van der Waals surface area contributed by atoms with Gasteiger partial charge < -0.3 is 5.32 Å². The second-order valence-corrected chi connectivity index (χ2v) is 5.92. The van der Waals surface area contributed by atoms with E-state index < -0.39 is 0 Å². The minimum absolute atomic E-state index is 0.133. The summed E-state index contributed by atoms with van der Waals surface area (Å²) in [5.41, 5.74) is 4.82. The van der Waals surface area contributed by atoms with Crippen molar-refractivity contribution in [2.24, 2.45) is 0 Å². The molecule has 1 heterocycles. The maximum atomic E-state index is 12.5. The standard InChI is InChI=1S/C20H21N3O/c1-4-16-7-9-17(10-8-16)20(24)21-19-13-15(3)22-23(19)18-11-5-14(2)6-12-18/h5-13H,4H2,1-3H3,(H,21,24). The number of rotatable bonds is 4. The maximum Gasteiger partial charge on any atom is 0.256 e. The van der Waals surface area contributed by atoms with Crippen LogP contribution in [0.1, 0.15) is 34.1 Å². The quantitative estimate of drug-likeness (QED) is 0.779. The molecule has 24 heavy (non-hydrogen) atoms. The Labute approximate surface area is 142 Å². The Bertz CT molecular complexity index is 846. The highest BCUT2D eigenvalue weighted by atomic mass is 16.1. The highest BCUT2D eigenvalue weighted by molar-refractivity contribution is 6.04. The van der Waals surface area contributed by atoms with Crippen molar-refractivity contribution in [3.05, 3.63) is 77.0 Å². The minimum atomic E-state index is -0.133. The van der Waals surface area contributed by atoms with Gasteiger partial charge in [-0.1, -0.05) is 36.8 Å². The number of nitrogens with one attached hydrogen (secondary N) is 1. The summed E-state index contributed by atoms with van der Waals surface area (Å²) >= 11 is 0. The van der Waals surface area contributed by atoms with Crippen LogP contribution < -0.4 is 5.32 Å². The van der Waals surface area contributed by atoms with Crippen LogP contribution in [0, 0.1) is 13.8 Å².